The Morgan fingerprint density at radius 1 is 1.16 bits per heavy atom. The van der Waals surface area contributed by atoms with Gasteiger partial charge in [-0.25, -0.2) is 0 Å². The average molecular weight is 320 g/mol. The predicted molar refractivity (Wildman–Crippen MR) is 77.8 cm³/mol. The van der Waals surface area contributed by atoms with Crippen LogP contribution in [0.25, 0.3) is 0 Å². The molecular formula is C16H18BrNO. The van der Waals surface area contributed by atoms with Crippen LogP contribution < -0.4 is 0 Å². The second-order valence-electron chi connectivity index (χ2n) is 6.42. The first-order chi connectivity index (χ1) is 9.16. The van der Waals surface area contributed by atoms with Gasteiger partial charge in [0.2, 0.25) is 0 Å². The van der Waals surface area contributed by atoms with Crippen molar-refractivity contribution >= 4 is 21.8 Å². The lowest BCUT2D eigenvalue weighted by Crippen LogP contribution is -2.41. The average Bonchev–Trinajstić information content (AvgIpc) is 3.03. The molecule has 19 heavy (non-hydrogen) atoms. The van der Waals surface area contributed by atoms with Gasteiger partial charge in [0.25, 0.3) is 5.91 Å². The Kier molecular flexibility index (Phi) is 2.57. The third kappa shape index (κ3) is 1.70. The molecule has 0 aliphatic heterocycles. The molecule has 3 saturated carbocycles. The minimum atomic E-state index is 0.169. The standard InChI is InChI=1S/C16H18BrNO/c1-18(16(19)10-4-2-3-5-14(10)17)15-7-9-6-13(15)12-8-11(9)12/h2-5,9,11-13,15H,6-8H2,1H3. The molecule has 0 spiro atoms. The maximum absolute atomic E-state index is 12.6. The lowest BCUT2D eigenvalue weighted by atomic mass is 9.94. The number of amides is 1. The molecule has 0 heterocycles. The Hall–Kier alpha value is -0.830. The minimum Gasteiger partial charge on any atom is -0.338 e. The Labute approximate surface area is 122 Å². The molecule has 3 aliphatic carbocycles. The third-order valence-corrected chi connectivity index (χ3v) is 6.27. The smallest absolute Gasteiger partial charge is 0.254 e. The van der Waals surface area contributed by atoms with E-state index in [1.165, 1.54) is 19.3 Å². The number of carbonyl (C=O) groups is 1. The molecule has 4 rings (SSSR count). The molecule has 100 valence electrons. The molecule has 5 atom stereocenters. The first kappa shape index (κ1) is 12.0. The van der Waals surface area contributed by atoms with Crippen LogP contribution in [0.3, 0.4) is 0 Å². The summed E-state index contributed by atoms with van der Waals surface area (Å²) in [5, 5.41) is 0. The van der Waals surface area contributed by atoms with Crippen molar-refractivity contribution in [3.05, 3.63) is 34.3 Å². The van der Waals surface area contributed by atoms with E-state index in [2.05, 4.69) is 15.9 Å². The topological polar surface area (TPSA) is 20.3 Å². The molecule has 1 aromatic carbocycles. The lowest BCUT2D eigenvalue weighted by molar-refractivity contribution is 0.0668. The number of fused-ring (bicyclic) bond motifs is 5. The van der Waals surface area contributed by atoms with Crippen molar-refractivity contribution in [2.24, 2.45) is 23.7 Å². The zero-order chi connectivity index (χ0) is 13.1. The van der Waals surface area contributed by atoms with Crippen molar-refractivity contribution in [1.29, 1.82) is 0 Å². The fourth-order valence-electron chi connectivity index (χ4n) is 4.59. The SMILES string of the molecule is CN(C(=O)c1ccccc1Br)C1CC2CC1C1CC21. The van der Waals surface area contributed by atoms with Gasteiger partial charge in [0.1, 0.15) is 0 Å². The van der Waals surface area contributed by atoms with Gasteiger partial charge in [-0.3, -0.25) is 4.79 Å². The van der Waals surface area contributed by atoms with Crippen molar-refractivity contribution < 1.29 is 4.79 Å². The monoisotopic (exact) mass is 319 g/mol. The van der Waals surface area contributed by atoms with Crippen molar-refractivity contribution in [3.63, 3.8) is 0 Å². The number of nitrogens with zero attached hydrogens (tertiary/aromatic N) is 1. The Balaban J connectivity index is 1.56. The van der Waals surface area contributed by atoms with E-state index in [4.69, 9.17) is 0 Å². The zero-order valence-corrected chi connectivity index (χ0v) is 12.6. The molecule has 3 heteroatoms. The fraction of sp³-hybridized carbons (Fsp3) is 0.562. The van der Waals surface area contributed by atoms with Crippen molar-refractivity contribution in [2.75, 3.05) is 7.05 Å². The maximum Gasteiger partial charge on any atom is 0.254 e. The predicted octanol–water partition coefficient (Wildman–Crippen LogP) is 3.57. The molecule has 2 bridgehead atoms. The molecule has 0 aromatic heterocycles. The number of halogens is 1. The lowest BCUT2D eigenvalue weighted by Gasteiger charge is -2.31. The Morgan fingerprint density at radius 2 is 1.95 bits per heavy atom. The summed E-state index contributed by atoms with van der Waals surface area (Å²) < 4.78 is 0.902. The molecule has 5 unspecified atom stereocenters. The van der Waals surface area contributed by atoms with Crippen LogP contribution in [0, 0.1) is 23.7 Å². The highest BCUT2D eigenvalue weighted by Gasteiger charge is 2.62. The van der Waals surface area contributed by atoms with Crippen LogP contribution in [-0.4, -0.2) is 23.9 Å². The van der Waals surface area contributed by atoms with Gasteiger partial charge in [-0.05, 0) is 71.0 Å². The first-order valence-electron chi connectivity index (χ1n) is 7.18. The van der Waals surface area contributed by atoms with Crippen molar-refractivity contribution in [2.45, 2.75) is 25.3 Å². The van der Waals surface area contributed by atoms with Crippen molar-refractivity contribution in [3.8, 4) is 0 Å². The molecule has 2 nitrogen and oxygen atoms in total. The number of hydrogen-bond acceptors (Lipinski definition) is 1. The van der Waals surface area contributed by atoms with E-state index in [0.29, 0.717) is 6.04 Å². The molecule has 3 aliphatic rings. The maximum atomic E-state index is 12.6. The van der Waals surface area contributed by atoms with E-state index in [1.807, 2.05) is 36.2 Å². The van der Waals surface area contributed by atoms with E-state index >= 15 is 0 Å². The summed E-state index contributed by atoms with van der Waals surface area (Å²) in [5.74, 6) is 3.83. The van der Waals surface area contributed by atoms with Gasteiger partial charge in [-0.2, -0.15) is 0 Å². The number of hydrogen-bond donors (Lipinski definition) is 0. The van der Waals surface area contributed by atoms with Crippen LogP contribution in [0.15, 0.2) is 28.7 Å². The second kappa shape index (κ2) is 4.08. The molecule has 0 N–H and O–H groups in total. The fourth-order valence-corrected chi connectivity index (χ4v) is 5.04. The highest BCUT2D eigenvalue weighted by atomic mass is 79.9. The van der Waals surface area contributed by atoms with E-state index in [9.17, 15) is 4.79 Å². The highest BCUT2D eigenvalue weighted by Crippen LogP contribution is 2.66. The summed E-state index contributed by atoms with van der Waals surface area (Å²) in [5.41, 5.74) is 0.792. The summed E-state index contributed by atoms with van der Waals surface area (Å²) >= 11 is 3.49. The van der Waals surface area contributed by atoms with Crippen LogP contribution in [0.5, 0.6) is 0 Å². The van der Waals surface area contributed by atoms with Crippen LogP contribution in [0.1, 0.15) is 29.6 Å². The van der Waals surface area contributed by atoms with Crippen LogP contribution >= 0.6 is 15.9 Å². The van der Waals surface area contributed by atoms with E-state index in [1.54, 1.807) is 0 Å². The molecule has 0 radical (unpaired) electrons. The first-order valence-corrected chi connectivity index (χ1v) is 7.98. The van der Waals surface area contributed by atoms with Gasteiger partial charge in [0.05, 0.1) is 5.56 Å². The molecule has 0 saturated heterocycles. The van der Waals surface area contributed by atoms with Crippen LogP contribution in [-0.2, 0) is 0 Å². The molecule has 3 fully saturated rings. The summed E-state index contributed by atoms with van der Waals surface area (Å²) in [4.78, 5) is 14.7. The van der Waals surface area contributed by atoms with Gasteiger partial charge in [0, 0.05) is 17.6 Å². The quantitative estimate of drug-likeness (QED) is 0.816. The Morgan fingerprint density at radius 3 is 2.63 bits per heavy atom. The van der Waals surface area contributed by atoms with Crippen molar-refractivity contribution in [1.82, 2.24) is 4.90 Å². The van der Waals surface area contributed by atoms with Gasteiger partial charge in [0.15, 0.2) is 0 Å². The third-order valence-electron chi connectivity index (χ3n) is 5.58. The van der Waals surface area contributed by atoms with E-state index < -0.39 is 0 Å². The summed E-state index contributed by atoms with van der Waals surface area (Å²) in [6.07, 6.45) is 4.04. The van der Waals surface area contributed by atoms with Crippen LogP contribution in [0.2, 0.25) is 0 Å². The molecular weight excluding hydrogens is 302 g/mol. The van der Waals surface area contributed by atoms with Gasteiger partial charge < -0.3 is 4.90 Å². The van der Waals surface area contributed by atoms with Crippen LogP contribution in [0.4, 0.5) is 0 Å². The summed E-state index contributed by atoms with van der Waals surface area (Å²) in [6, 6.07) is 8.22. The zero-order valence-electron chi connectivity index (χ0n) is 11.1. The number of rotatable bonds is 2. The highest BCUT2D eigenvalue weighted by molar-refractivity contribution is 9.10. The molecule has 1 amide bonds. The number of benzene rings is 1. The van der Waals surface area contributed by atoms with E-state index in [0.717, 1.165) is 33.7 Å². The minimum absolute atomic E-state index is 0.169. The van der Waals surface area contributed by atoms with Gasteiger partial charge in [-0.15, -0.1) is 0 Å². The second-order valence-corrected chi connectivity index (χ2v) is 7.28. The van der Waals surface area contributed by atoms with Gasteiger partial charge in [-0.1, -0.05) is 12.1 Å². The number of carbonyl (C=O) groups excluding carboxylic acids is 1. The van der Waals surface area contributed by atoms with E-state index in [-0.39, 0.29) is 5.91 Å². The molecule has 1 aromatic rings. The largest absolute Gasteiger partial charge is 0.338 e. The van der Waals surface area contributed by atoms with Gasteiger partial charge >= 0.3 is 0 Å². The summed E-state index contributed by atoms with van der Waals surface area (Å²) in [6.45, 7) is 0. The Bertz CT molecular complexity index is 543. The normalized spacial score (nSPS) is 38.1. The summed E-state index contributed by atoms with van der Waals surface area (Å²) in [7, 11) is 1.99.